The van der Waals surface area contributed by atoms with Crippen LogP contribution in [0, 0.1) is 0 Å². The van der Waals surface area contributed by atoms with Crippen molar-refractivity contribution in [3.8, 4) is 17.0 Å². The van der Waals surface area contributed by atoms with Gasteiger partial charge in [0.1, 0.15) is 11.8 Å². The summed E-state index contributed by atoms with van der Waals surface area (Å²) in [4.78, 5) is 36.2. The zero-order chi connectivity index (χ0) is 25.1. The Labute approximate surface area is 208 Å². The molecule has 2 amide bonds. The molecule has 10 heteroatoms. The van der Waals surface area contributed by atoms with Gasteiger partial charge in [0.05, 0.1) is 36.7 Å². The van der Waals surface area contributed by atoms with E-state index in [1.54, 1.807) is 20.2 Å². The average molecular weight is 496 g/mol. The van der Waals surface area contributed by atoms with Crippen molar-refractivity contribution in [1.82, 2.24) is 20.2 Å². The standard InChI is InChI=1S/C25H26ClN5O4/c1-14(15-5-4-6-18(9-15)35-3)29-23(33)21(13-32)31-12-17-8-7-16(10-19(17)24(31)34)22-20(26)11-28-25(27-2)30-22/h4-11,14,21,32H,12-13H2,1-3H3,(H,29,33)(H,27,28,30)/t14-,21-/m1/s1. The number of hydrogen-bond acceptors (Lipinski definition) is 7. The normalized spacial score (nSPS) is 14.3. The van der Waals surface area contributed by atoms with Gasteiger partial charge in [0.25, 0.3) is 5.91 Å². The fourth-order valence-electron chi connectivity index (χ4n) is 4.04. The van der Waals surface area contributed by atoms with Gasteiger partial charge in [-0.3, -0.25) is 9.59 Å². The summed E-state index contributed by atoms with van der Waals surface area (Å²) in [6.45, 7) is 1.53. The topological polar surface area (TPSA) is 117 Å². The van der Waals surface area contributed by atoms with Gasteiger partial charge in [-0.15, -0.1) is 0 Å². The van der Waals surface area contributed by atoms with Crippen LogP contribution < -0.4 is 15.4 Å². The van der Waals surface area contributed by atoms with Crippen LogP contribution in [-0.4, -0.2) is 58.6 Å². The van der Waals surface area contributed by atoms with Crippen molar-refractivity contribution in [2.75, 3.05) is 26.1 Å². The van der Waals surface area contributed by atoms with Crippen molar-refractivity contribution in [2.24, 2.45) is 0 Å². The lowest BCUT2D eigenvalue weighted by molar-refractivity contribution is -0.127. The molecule has 0 aliphatic carbocycles. The summed E-state index contributed by atoms with van der Waals surface area (Å²) >= 11 is 6.29. The second-order valence-electron chi connectivity index (χ2n) is 8.15. The molecule has 182 valence electrons. The van der Waals surface area contributed by atoms with Gasteiger partial charge < -0.3 is 25.4 Å². The number of ether oxygens (including phenoxy) is 1. The van der Waals surface area contributed by atoms with Crippen LogP contribution in [0.1, 0.15) is 34.5 Å². The maximum Gasteiger partial charge on any atom is 0.255 e. The lowest BCUT2D eigenvalue weighted by Gasteiger charge is -2.27. The zero-order valence-electron chi connectivity index (χ0n) is 19.6. The molecule has 0 saturated heterocycles. The van der Waals surface area contributed by atoms with Crippen molar-refractivity contribution >= 4 is 29.4 Å². The molecular formula is C25H26ClN5O4. The largest absolute Gasteiger partial charge is 0.497 e. The van der Waals surface area contributed by atoms with Gasteiger partial charge in [0, 0.05) is 24.7 Å². The van der Waals surface area contributed by atoms with E-state index < -0.39 is 18.6 Å². The molecule has 2 aromatic carbocycles. The molecule has 2 atom stereocenters. The minimum absolute atomic E-state index is 0.208. The van der Waals surface area contributed by atoms with E-state index in [1.165, 1.54) is 11.1 Å². The highest BCUT2D eigenvalue weighted by atomic mass is 35.5. The number of nitrogens with one attached hydrogen (secondary N) is 2. The monoisotopic (exact) mass is 495 g/mol. The molecule has 3 aromatic rings. The number of aliphatic hydroxyl groups excluding tert-OH is 1. The molecular weight excluding hydrogens is 470 g/mol. The smallest absolute Gasteiger partial charge is 0.255 e. The number of carbonyl (C=O) groups excluding carboxylic acids is 2. The van der Waals surface area contributed by atoms with E-state index in [0.717, 1.165) is 11.1 Å². The number of aromatic nitrogens is 2. The molecule has 9 nitrogen and oxygen atoms in total. The molecule has 1 aliphatic heterocycles. The fourth-order valence-corrected chi connectivity index (χ4v) is 4.24. The van der Waals surface area contributed by atoms with E-state index in [2.05, 4.69) is 20.6 Å². The number of hydrogen-bond donors (Lipinski definition) is 3. The molecule has 0 fully saturated rings. The number of anilines is 1. The van der Waals surface area contributed by atoms with E-state index in [9.17, 15) is 14.7 Å². The van der Waals surface area contributed by atoms with E-state index >= 15 is 0 Å². The Hall–Kier alpha value is -3.69. The minimum Gasteiger partial charge on any atom is -0.497 e. The van der Waals surface area contributed by atoms with Crippen molar-refractivity contribution in [2.45, 2.75) is 25.6 Å². The lowest BCUT2D eigenvalue weighted by Crippen LogP contribution is -2.49. The molecule has 3 N–H and O–H groups in total. The summed E-state index contributed by atoms with van der Waals surface area (Å²) in [5, 5.41) is 16.1. The van der Waals surface area contributed by atoms with Gasteiger partial charge in [0.15, 0.2) is 0 Å². The molecule has 4 rings (SSSR count). The molecule has 0 saturated carbocycles. The zero-order valence-corrected chi connectivity index (χ0v) is 20.3. The molecule has 0 spiro atoms. The molecule has 1 aliphatic rings. The third kappa shape index (κ3) is 4.91. The summed E-state index contributed by atoms with van der Waals surface area (Å²) in [7, 11) is 3.27. The first-order chi connectivity index (χ1) is 16.9. The first kappa shape index (κ1) is 24.4. The van der Waals surface area contributed by atoms with E-state index in [1.807, 2.05) is 43.3 Å². The van der Waals surface area contributed by atoms with Crippen LogP contribution >= 0.6 is 11.6 Å². The molecule has 0 radical (unpaired) electrons. The number of nitrogens with zero attached hydrogens (tertiary/aromatic N) is 3. The van der Waals surface area contributed by atoms with Crippen molar-refractivity contribution in [3.05, 3.63) is 70.4 Å². The van der Waals surface area contributed by atoms with Crippen molar-refractivity contribution in [3.63, 3.8) is 0 Å². The number of aliphatic hydroxyl groups is 1. The van der Waals surface area contributed by atoms with Crippen LogP contribution in [0.3, 0.4) is 0 Å². The molecule has 0 unspecified atom stereocenters. The van der Waals surface area contributed by atoms with Gasteiger partial charge in [-0.1, -0.05) is 35.9 Å². The van der Waals surface area contributed by atoms with Crippen molar-refractivity contribution in [1.29, 1.82) is 0 Å². The minimum atomic E-state index is -1.04. The van der Waals surface area contributed by atoms with E-state index in [0.29, 0.717) is 33.5 Å². The first-order valence-corrected chi connectivity index (χ1v) is 11.4. The Kier molecular flexibility index (Phi) is 7.18. The summed E-state index contributed by atoms with van der Waals surface area (Å²) in [6, 6.07) is 11.3. The van der Waals surface area contributed by atoms with E-state index in [-0.39, 0.29) is 18.5 Å². The summed E-state index contributed by atoms with van der Waals surface area (Å²) in [5.74, 6) is 0.291. The van der Waals surface area contributed by atoms with Crippen molar-refractivity contribution < 1.29 is 19.4 Å². The molecule has 1 aromatic heterocycles. The van der Waals surface area contributed by atoms with Crippen LogP contribution in [-0.2, 0) is 11.3 Å². The number of fused-ring (bicyclic) bond motifs is 1. The average Bonchev–Trinajstić information content (AvgIpc) is 3.20. The Bertz CT molecular complexity index is 1270. The SMILES string of the molecule is CNc1ncc(Cl)c(-c2ccc3c(c2)C(=O)N([C@H](CO)C(=O)N[C@H](C)c2cccc(OC)c2)C3)n1. The van der Waals surface area contributed by atoms with Gasteiger partial charge in [-0.05, 0) is 36.2 Å². The summed E-state index contributed by atoms with van der Waals surface area (Å²) in [6.07, 6.45) is 1.49. The number of benzene rings is 2. The maximum atomic E-state index is 13.3. The quantitative estimate of drug-likeness (QED) is 0.439. The maximum absolute atomic E-state index is 13.3. The number of methoxy groups -OCH3 is 1. The first-order valence-electron chi connectivity index (χ1n) is 11.1. The van der Waals surface area contributed by atoms with E-state index in [4.69, 9.17) is 16.3 Å². The van der Waals surface area contributed by atoms with Crippen LogP contribution in [0.25, 0.3) is 11.3 Å². The highest BCUT2D eigenvalue weighted by Crippen LogP contribution is 2.32. The number of carbonyl (C=O) groups is 2. The molecule has 0 bridgehead atoms. The highest BCUT2D eigenvalue weighted by Gasteiger charge is 2.36. The molecule has 35 heavy (non-hydrogen) atoms. The fraction of sp³-hybridized carbons (Fsp3) is 0.280. The Morgan fingerprint density at radius 1 is 1.29 bits per heavy atom. The Morgan fingerprint density at radius 2 is 2.09 bits per heavy atom. The van der Waals surface area contributed by atoms with Gasteiger partial charge in [-0.25, -0.2) is 9.97 Å². The Morgan fingerprint density at radius 3 is 2.80 bits per heavy atom. The second kappa shape index (κ2) is 10.3. The lowest BCUT2D eigenvalue weighted by atomic mass is 10.0. The second-order valence-corrected chi connectivity index (χ2v) is 8.56. The predicted molar refractivity (Wildman–Crippen MR) is 132 cm³/mol. The molecule has 2 heterocycles. The number of amides is 2. The third-order valence-corrected chi connectivity index (χ3v) is 6.26. The van der Waals surface area contributed by atoms with Crippen LogP contribution in [0.5, 0.6) is 5.75 Å². The van der Waals surface area contributed by atoms with Gasteiger partial charge in [-0.2, -0.15) is 0 Å². The van der Waals surface area contributed by atoms with Crippen LogP contribution in [0.2, 0.25) is 5.02 Å². The number of halogens is 1. The number of rotatable bonds is 8. The third-order valence-electron chi connectivity index (χ3n) is 5.99. The van der Waals surface area contributed by atoms with Crippen LogP contribution in [0.4, 0.5) is 5.95 Å². The summed E-state index contributed by atoms with van der Waals surface area (Å²) in [5.41, 5.74) is 3.18. The Balaban J connectivity index is 1.54. The van der Waals surface area contributed by atoms with Gasteiger partial charge >= 0.3 is 0 Å². The van der Waals surface area contributed by atoms with Gasteiger partial charge in [0.2, 0.25) is 11.9 Å². The summed E-state index contributed by atoms with van der Waals surface area (Å²) < 4.78 is 5.25. The predicted octanol–water partition coefficient (Wildman–Crippen LogP) is 3.04. The highest BCUT2D eigenvalue weighted by molar-refractivity contribution is 6.33. The van der Waals surface area contributed by atoms with Crippen LogP contribution in [0.15, 0.2) is 48.7 Å².